The molecule has 2 N–H and O–H groups in total. The van der Waals surface area contributed by atoms with Gasteiger partial charge in [0.15, 0.2) is 0 Å². The molecule has 25 heavy (non-hydrogen) atoms. The highest BCUT2D eigenvalue weighted by Gasteiger charge is 2.26. The molecule has 1 aromatic heterocycles. The number of rotatable bonds is 6. The Labute approximate surface area is 147 Å². The highest BCUT2D eigenvalue weighted by atomic mass is 16.6. The summed E-state index contributed by atoms with van der Waals surface area (Å²) >= 11 is 0. The molecule has 132 valence electrons. The van der Waals surface area contributed by atoms with Gasteiger partial charge in [-0.05, 0) is 30.9 Å². The maximum atomic E-state index is 11.7. The molecule has 3 rings (SSSR count). The molecule has 0 amide bonds. The average Bonchev–Trinajstić information content (AvgIpc) is 2.63. The lowest BCUT2D eigenvalue weighted by atomic mass is 9.95. The molecule has 1 saturated carbocycles. The number of aromatic nitrogens is 2. The lowest BCUT2D eigenvalue weighted by Gasteiger charge is -2.23. The van der Waals surface area contributed by atoms with Crippen molar-refractivity contribution in [3.05, 3.63) is 46.3 Å². The molecule has 0 atom stereocenters. The van der Waals surface area contributed by atoms with Crippen molar-refractivity contribution in [2.24, 2.45) is 0 Å². The van der Waals surface area contributed by atoms with Crippen LogP contribution < -0.4 is 10.6 Å². The van der Waals surface area contributed by atoms with Crippen LogP contribution >= 0.6 is 0 Å². The van der Waals surface area contributed by atoms with Gasteiger partial charge in [0.1, 0.15) is 6.33 Å². The summed E-state index contributed by atoms with van der Waals surface area (Å²) in [6.45, 7) is 2.05. The van der Waals surface area contributed by atoms with Crippen molar-refractivity contribution >= 4 is 23.0 Å². The Morgan fingerprint density at radius 2 is 1.88 bits per heavy atom. The first kappa shape index (κ1) is 17.1. The number of aryl methyl sites for hydroxylation is 1. The number of nitrogens with zero attached hydrogens (tertiary/aromatic N) is 3. The van der Waals surface area contributed by atoms with E-state index in [0.29, 0.717) is 5.82 Å². The summed E-state index contributed by atoms with van der Waals surface area (Å²) in [5, 5.41) is 18.0. The molecule has 0 spiro atoms. The van der Waals surface area contributed by atoms with Crippen LogP contribution in [0.4, 0.5) is 23.0 Å². The third-order valence-electron chi connectivity index (χ3n) is 4.60. The number of para-hydroxylation sites is 1. The molecule has 7 heteroatoms. The van der Waals surface area contributed by atoms with E-state index in [-0.39, 0.29) is 17.5 Å². The minimum Gasteiger partial charge on any atom is -0.361 e. The second-order valence-electron chi connectivity index (χ2n) is 6.29. The van der Waals surface area contributed by atoms with Crippen LogP contribution in [0.15, 0.2) is 30.6 Å². The van der Waals surface area contributed by atoms with Crippen LogP contribution in [0.1, 0.15) is 44.6 Å². The van der Waals surface area contributed by atoms with E-state index in [1.165, 1.54) is 12.7 Å². The molecule has 1 fully saturated rings. The van der Waals surface area contributed by atoms with E-state index in [2.05, 4.69) is 20.6 Å². The molecule has 1 aromatic carbocycles. The summed E-state index contributed by atoms with van der Waals surface area (Å²) < 4.78 is 0. The number of hydrogen-bond donors (Lipinski definition) is 2. The van der Waals surface area contributed by atoms with Gasteiger partial charge in [-0.2, -0.15) is 0 Å². The Kier molecular flexibility index (Phi) is 5.42. The van der Waals surface area contributed by atoms with Gasteiger partial charge in [-0.1, -0.05) is 44.4 Å². The SMILES string of the molecule is CCc1ccccc1Nc1ncnc(NC2CCCCC2)c1[N+](=O)[O-]. The van der Waals surface area contributed by atoms with Gasteiger partial charge in [0.05, 0.1) is 4.92 Å². The maximum Gasteiger partial charge on any atom is 0.353 e. The Hall–Kier alpha value is -2.70. The quantitative estimate of drug-likeness (QED) is 0.596. The summed E-state index contributed by atoms with van der Waals surface area (Å²) in [4.78, 5) is 19.5. The fourth-order valence-electron chi connectivity index (χ4n) is 3.27. The van der Waals surface area contributed by atoms with Crippen LogP contribution in [0, 0.1) is 10.1 Å². The molecular weight excluding hydrogens is 318 g/mol. The Morgan fingerprint density at radius 3 is 2.60 bits per heavy atom. The van der Waals surface area contributed by atoms with Gasteiger partial charge >= 0.3 is 5.69 Å². The predicted molar refractivity (Wildman–Crippen MR) is 98.3 cm³/mol. The van der Waals surface area contributed by atoms with Gasteiger partial charge in [0.2, 0.25) is 11.6 Å². The number of benzene rings is 1. The first-order valence-electron chi connectivity index (χ1n) is 8.80. The first-order valence-corrected chi connectivity index (χ1v) is 8.80. The van der Waals surface area contributed by atoms with E-state index in [1.807, 2.05) is 31.2 Å². The number of nitrogens with one attached hydrogen (secondary N) is 2. The Morgan fingerprint density at radius 1 is 1.16 bits per heavy atom. The van der Waals surface area contributed by atoms with Gasteiger partial charge in [-0.15, -0.1) is 0 Å². The number of hydrogen-bond acceptors (Lipinski definition) is 6. The molecule has 1 aliphatic carbocycles. The molecule has 1 aliphatic rings. The van der Waals surface area contributed by atoms with Crippen molar-refractivity contribution in [2.75, 3.05) is 10.6 Å². The molecule has 0 radical (unpaired) electrons. The molecule has 0 aliphatic heterocycles. The molecule has 0 unspecified atom stereocenters. The zero-order valence-electron chi connectivity index (χ0n) is 14.4. The van der Waals surface area contributed by atoms with Gasteiger partial charge in [0.25, 0.3) is 0 Å². The van der Waals surface area contributed by atoms with Gasteiger partial charge < -0.3 is 10.6 Å². The van der Waals surface area contributed by atoms with Crippen LogP contribution in [0.2, 0.25) is 0 Å². The summed E-state index contributed by atoms with van der Waals surface area (Å²) in [5.74, 6) is 0.516. The zero-order valence-corrected chi connectivity index (χ0v) is 14.4. The maximum absolute atomic E-state index is 11.7. The van der Waals surface area contributed by atoms with Crippen molar-refractivity contribution in [2.45, 2.75) is 51.5 Å². The van der Waals surface area contributed by atoms with Crippen LogP contribution in [-0.2, 0) is 6.42 Å². The smallest absolute Gasteiger partial charge is 0.353 e. The van der Waals surface area contributed by atoms with Gasteiger partial charge in [-0.25, -0.2) is 9.97 Å². The molecule has 2 aromatic rings. The fraction of sp³-hybridized carbons (Fsp3) is 0.444. The standard InChI is InChI=1S/C18H23N5O2/c1-2-13-8-6-7-11-15(13)22-18-16(23(24)25)17(19-12-20-18)21-14-9-4-3-5-10-14/h6-8,11-12,14H,2-5,9-10H2,1H3,(H2,19,20,21,22). The Balaban J connectivity index is 1.90. The van der Waals surface area contributed by atoms with Crippen LogP contribution in [0.5, 0.6) is 0 Å². The molecular formula is C18H23N5O2. The predicted octanol–water partition coefficient (Wildman–Crippen LogP) is 4.44. The van der Waals surface area contributed by atoms with Gasteiger partial charge in [0, 0.05) is 11.7 Å². The minimum atomic E-state index is -0.415. The summed E-state index contributed by atoms with van der Waals surface area (Å²) in [6, 6.07) is 7.98. The van der Waals surface area contributed by atoms with E-state index in [4.69, 9.17) is 0 Å². The minimum absolute atomic E-state index is 0.0982. The van der Waals surface area contributed by atoms with Crippen LogP contribution in [0.25, 0.3) is 0 Å². The second-order valence-corrected chi connectivity index (χ2v) is 6.29. The topological polar surface area (TPSA) is 93.0 Å². The summed E-state index contributed by atoms with van der Waals surface area (Å²) in [5.41, 5.74) is 1.81. The molecule has 7 nitrogen and oxygen atoms in total. The van der Waals surface area contributed by atoms with Crippen molar-refractivity contribution in [3.63, 3.8) is 0 Å². The van der Waals surface area contributed by atoms with Gasteiger partial charge in [-0.3, -0.25) is 10.1 Å². The van der Waals surface area contributed by atoms with E-state index >= 15 is 0 Å². The lowest BCUT2D eigenvalue weighted by molar-refractivity contribution is -0.383. The highest BCUT2D eigenvalue weighted by molar-refractivity contribution is 5.74. The average molecular weight is 341 g/mol. The fourth-order valence-corrected chi connectivity index (χ4v) is 3.27. The summed E-state index contributed by atoms with van der Waals surface area (Å²) in [6.07, 6.45) is 7.75. The van der Waals surface area contributed by atoms with E-state index in [9.17, 15) is 10.1 Å². The van der Waals surface area contributed by atoms with Crippen LogP contribution in [0.3, 0.4) is 0 Å². The third-order valence-corrected chi connectivity index (χ3v) is 4.60. The van der Waals surface area contributed by atoms with E-state index < -0.39 is 4.92 Å². The zero-order chi connectivity index (χ0) is 17.6. The monoisotopic (exact) mass is 341 g/mol. The lowest BCUT2D eigenvalue weighted by Crippen LogP contribution is -2.23. The van der Waals surface area contributed by atoms with Crippen molar-refractivity contribution in [1.29, 1.82) is 0 Å². The van der Waals surface area contributed by atoms with E-state index in [1.54, 1.807) is 0 Å². The number of nitro groups is 1. The molecule has 1 heterocycles. The van der Waals surface area contributed by atoms with Crippen molar-refractivity contribution in [3.8, 4) is 0 Å². The van der Waals surface area contributed by atoms with Crippen molar-refractivity contribution in [1.82, 2.24) is 9.97 Å². The summed E-state index contributed by atoms with van der Waals surface area (Å²) in [7, 11) is 0. The van der Waals surface area contributed by atoms with E-state index in [0.717, 1.165) is 43.4 Å². The third kappa shape index (κ3) is 4.04. The van der Waals surface area contributed by atoms with Crippen molar-refractivity contribution < 1.29 is 4.92 Å². The molecule has 0 saturated heterocycles. The molecule has 0 bridgehead atoms. The Bertz CT molecular complexity index is 744. The normalized spacial score (nSPS) is 14.9. The second kappa shape index (κ2) is 7.92. The van der Waals surface area contributed by atoms with Crippen LogP contribution in [-0.4, -0.2) is 20.9 Å². The number of anilines is 3. The highest BCUT2D eigenvalue weighted by Crippen LogP contribution is 2.33. The first-order chi connectivity index (χ1) is 12.2. The largest absolute Gasteiger partial charge is 0.361 e.